The lowest BCUT2D eigenvalue weighted by molar-refractivity contribution is -0.109. The molecule has 0 radical (unpaired) electrons. The molecule has 0 amide bonds. The maximum Gasteiger partial charge on any atom is 0.194 e. The standard InChI is InChI=1S/C12H12ClNOS/c1-2-8-3-4-9(5-11(8)13)14-10-6-12(15)16-7-10/h3-5H,2,6-7H2,1H3. The Bertz CT molecular complexity index is 456. The Morgan fingerprint density at radius 3 is 2.88 bits per heavy atom. The van der Waals surface area contributed by atoms with Crippen LogP contribution in [0.4, 0.5) is 5.69 Å². The first-order valence-electron chi connectivity index (χ1n) is 5.19. The Hall–Kier alpha value is -0.800. The molecule has 1 aliphatic rings. The number of hydrogen-bond acceptors (Lipinski definition) is 3. The molecule has 0 spiro atoms. The average molecular weight is 254 g/mol. The summed E-state index contributed by atoms with van der Waals surface area (Å²) < 4.78 is 0. The molecule has 0 aliphatic carbocycles. The summed E-state index contributed by atoms with van der Waals surface area (Å²) in [6.07, 6.45) is 1.39. The predicted octanol–water partition coefficient (Wildman–Crippen LogP) is 3.64. The molecule has 2 nitrogen and oxygen atoms in total. The van der Waals surface area contributed by atoms with E-state index in [0.717, 1.165) is 28.4 Å². The van der Waals surface area contributed by atoms with E-state index in [1.807, 2.05) is 18.2 Å². The van der Waals surface area contributed by atoms with Crippen molar-refractivity contribution in [1.82, 2.24) is 0 Å². The van der Waals surface area contributed by atoms with Crippen LogP contribution >= 0.6 is 23.4 Å². The fourth-order valence-corrected chi connectivity index (χ4v) is 2.65. The summed E-state index contributed by atoms with van der Waals surface area (Å²) in [4.78, 5) is 15.5. The molecule has 84 valence electrons. The molecule has 0 saturated carbocycles. The number of benzene rings is 1. The predicted molar refractivity (Wildman–Crippen MR) is 70.0 cm³/mol. The molecule has 0 N–H and O–H groups in total. The van der Waals surface area contributed by atoms with Crippen molar-refractivity contribution in [2.45, 2.75) is 19.8 Å². The van der Waals surface area contributed by atoms with Gasteiger partial charge in [0.1, 0.15) is 0 Å². The Morgan fingerprint density at radius 1 is 1.50 bits per heavy atom. The van der Waals surface area contributed by atoms with Crippen LogP contribution in [0.25, 0.3) is 0 Å². The minimum Gasteiger partial charge on any atom is -0.287 e. The van der Waals surface area contributed by atoms with Crippen molar-refractivity contribution < 1.29 is 4.79 Å². The van der Waals surface area contributed by atoms with E-state index >= 15 is 0 Å². The van der Waals surface area contributed by atoms with Crippen molar-refractivity contribution in [3.05, 3.63) is 28.8 Å². The van der Waals surface area contributed by atoms with Gasteiger partial charge in [0, 0.05) is 16.5 Å². The molecule has 1 aromatic carbocycles. The van der Waals surface area contributed by atoms with Gasteiger partial charge < -0.3 is 0 Å². The zero-order chi connectivity index (χ0) is 11.5. The molecule has 4 heteroatoms. The summed E-state index contributed by atoms with van der Waals surface area (Å²) >= 11 is 7.44. The van der Waals surface area contributed by atoms with E-state index in [4.69, 9.17) is 11.6 Å². The normalized spacial score (nSPS) is 18.4. The van der Waals surface area contributed by atoms with Crippen LogP contribution in [0, 0.1) is 0 Å². The summed E-state index contributed by atoms with van der Waals surface area (Å²) in [6.45, 7) is 2.07. The Balaban J connectivity index is 2.22. The summed E-state index contributed by atoms with van der Waals surface area (Å²) in [6, 6.07) is 5.80. The number of rotatable bonds is 2. The third kappa shape index (κ3) is 2.66. The van der Waals surface area contributed by atoms with Gasteiger partial charge in [0.2, 0.25) is 0 Å². The smallest absolute Gasteiger partial charge is 0.194 e. The van der Waals surface area contributed by atoms with Crippen LogP contribution in [0.15, 0.2) is 23.2 Å². The van der Waals surface area contributed by atoms with E-state index < -0.39 is 0 Å². The fraction of sp³-hybridized carbons (Fsp3) is 0.333. The van der Waals surface area contributed by atoms with Crippen LogP contribution in [0.1, 0.15) is 18.9 Å². The van der Waals surface area contributed by atoms with E-state index in [1.165, 1.54) is 11.8 Å². The van der Waals surface area contributed by atoms with Crippen molar-refractivity contribution in [1.29, 1.82) is 0 Å². The van der Waals surface area contributed by atoms with Gasteiger partial charge in [0.25, 0.3) is 0 Å². The number of carbonyl (C=O) groups is 1. The number of hydrogen-bond donors (Lipinski definition) is 0. The van der Waals surface area contributed by atoms with E-state index in [0.29, 0.717) is 12.2 Å². The van der Waals surface area contributed by atoms with E-state index in [1.54, 1.807) is 0 Å². The highest BCUT2D eigenvalue weighted by molar-refractivity contribution is 8.14. The van der Waals surface area contributed by atoms with Gasteiger partial charge >= 0.3 is 0 Å². The highest BCUT2D eigenvalue weighted by Crippen LogP contribution is 2.25. The van der Waals surface area contributed by atoms with Gasteiger partial charge in [-0.15, -0.1) is 0 Å². The molecule has 0 unspecified atom stereocenters. The van der Waals surface area contributed by atoms with Gasteiger partial charge in [-0.05, 0) is 24.1 Å². The Morgan fingerprint density at radius 2 is 2.31 bits per heavy atom. The monoisotopic (exact) mass is 253 g/mol. The molecule has 1 saturated heterocycles. The molecular weight excluding hydrogens is 242 g/mol. The molecule has 1 fully saturated rings. The van der Waals surface area contributed by atoms with Crippen molar-refractivity contribution in [3.63, 3.8) is 0 Å². The minimum atomic E-state index is 0.204. The maximum absolute atomic E-state index is 11.1. The first-order chi connectivity index (χ1) is 7.69. The molecule has 0 bridgehead atoms. The average Bonchev–Trinajstić information content (AvgIpc) is 2.64. The largest absolute Gasteiger partial charge is 0.287 e. The van der Waals surface area contributed by atoms with Gasteiger partial charge in [-0.2, -0.15) is 0 Å². The number of carbonyl (C=O) groups excluding carboxylic acids is 1. The molecule has 16 heavy (non-hydrogen) atoms. The zero-order valence-electron chi connectivity index (χ0n) is 9.00. The lowest BCUT2D eigenvalue weighted by atomic mass is 10.1. The fourth-order valence-electron chi connectivity index (χ4n) is 1.58. The highest BCUT2D eigenvalue weighted by atomic mass is 35.5. The van der Waals surface area contributed by atoms with E-state index in [-0.39, 0.29) is 5.12 Å². The highest BCUT2D eigenvalue weighted by Gasteiger charge is 2.17. The second-order valence-corrected chi connectivity index (χ2v) is 5.08. The van der Waals surface area contributed by atoms with Gasteiger partial charge in [0.05, 0.1) is 12.1 Å². The van der Waals surface area contributed by atoms with E-state index in [9.17, 15) is 4.79 Å². The third-order valence-electron chi connectivity index (χ3n) is 2.45. The molecular formula is C12H12ClNOS. The lowest BCUT2D eigenvalue weighted by Crippen LogP contribution is -1.94. The van der Waals surface area contributed by atoms with Crippen molar-refractivity contribution in [2.75, 3.05) is 5.75 Å². The number of nitrogens with zero attached hydrogens (tertiary/aromatic N) is 1. The zero-order valence-corrected chi connectivity index (χ0v) is 10.6. The minimum absolute atomic E-state index is 0.204. The van der Waals surface area contributed by atoms with Crippen molar-refractivity contribution in [2.24, 2.45) is 4.99 Å². The van der Waals surface area contributed by atoms with Crippen LogP contribution in [-0.2, 0) is 11.2 Å². The van der Waals surface area contributed by atoms with Gasteiger partial charge in [0.15, 0.2) is 5.12 Å². The van der Waals surface area contributed by atoms with Crippen molar-refractivity contribution >= 4 is 39.9 Å². The number of halogens is 1. The maximum atomic E-state index is 11.1. The summed E-state index contributed by atoms with van der Waals surface area (Å²) in [5, 5.41) is 0.955. The SMILES string of the molecule is CCc1ccc(N=C2CSC(=O)C2)cc1Cl. The Labute approximate surface area is 104 Å². The van der Waals surface area contributed by atoms with E-state index in [2.05, 4.69) is 11.9 Å². The van der Waals surface area contributed by atoms with Crippen LogP contribution in [0.2, 0.25) is 5.02 Å². The molecule has 1 heterocycles. The van der Waals surface area contributed by atoms with Gasteiger partial charge in [-0.25, -0.2) is 0 Å². The summed E-state index contributed by atoms with van der Waals surface area (Å²) in [7, 11) is 0. The third-order valence-corrected chi connectivity index (χ3v) is 3.75. The summed E-state index contributed by atoms with van der Waals surface area (Å²) in [5.41, 5.74) is 2.91. The molecule has 1 aliphatic heterocycles. The van der Waals surface area contributed by atoms with Crippen LogP contribution in [0.3, 0.4) is 0 Å². The lowest BCUT2D eigenvalue weighted by Gasteiger charge is -2.02. The number of aliphatic imine (C=N–C) groups is 1. The molecule has 2 rings (SSSR count). The quantitative estimate of drug-likeness (QED) is 0.805. The molecule has 0 atom stereocenters. The van der Waals surface area contributed by atoms with Crippen LogP contribution in [0.5, 0.6) is 0 Å². The number of thioether (sulfide) groups is 1. The van der Waals surface area contributed by atoms with Gasteiger partial charge in [-0.1, -0.05) is 36.4 Å². The first-order valence-corrected chi connectivity index (χ1v) is 6.56. The Kier molecular flexibility index (Phi) is 3.66. The second-order valence-electron chi connectivity index (χ2n) is 3.64. The van der Waals surface area contributed by atoms with Crippen molar-refractivity contribution in [3.8, 4) is 0 Å². The molecule has 0 aromatic heterocycles. The second kappa shape index (κ2) is 5.02. The first kappa shape index (κ1) is 11.7. The number of aryl methyl sites for hydroxylation is 1. The topological polar surface area (TPSA) is 29.4 Å². The molecule has 1 aromatic rings. The van der Waals surface area contributed by atoms with Crippen LogP contribution < -0.4 is 0 Å². The van der Waals surface area contributed by atoms with Crippen LogP contribution in [-0.4, -0.2) is 16.6 Å². The van der Waals surface area contributed by atoms with Gasteiger partial charge in [-0.3, -0.25) is 9.79 Å². The summed E-state index contributed by atoms with van der Waals surface area (Å²) in [5.74, 6) is 0.714.